The number of alkyl halides is 2. The molecule has 1 rings (SSSR count). The molecule has 0 aliphatic rings. The number of halogens is 2. The van der Waals surface area contributed by atoms with Gasteiger partial charge in [0, 0.05) is 13.0 Å². The monoisotopic (exact) mass is 286 g/mol. The first-order chi connectivity index (χ1) is 9.27. The molecule has 20 heavy (non-hydrogen) atoms. The van der Waals surface area contributed by atoms with Crippen molar-refractivity contribution in [2.45, 2.75) is 53.6 Å². The highest BCUT2D eigenvalue weighted by atomic mass is 19.3. The van der Waals surface area contributed by atoms with Gasteiger partial charge in [-0.3, -0.25) is 0 Å². The molecule has 1 aromatic rings. The molecule has 0 aromatic heterocycles. The molecule has 114 valence electrons. The van der Waals surface area contributed by atoms with Crippen molar-refractivity contribution in [3.05, 3.63) is 33.4 Å². The summed E-state index contributed by atoms with van der Waals surface area (Å²) in [4.78, 5) is 0. The lowest BCUT2D eigenvalue weighted by molar-refractivity contribution is 0.00468. The average Bonchev–Trinajstić information content (AvgIpc) is 2.39. The minimum absolute atomic E-state index is 0.135. The Hall–Kier alpha value is -1.00. The molecule has 0 saturated carbocycles. The molecule has 0 saturated heterocycles. The number of hydrogen-bond donors (Lipinski definition) is 1. The molecule has 0 fully saturated rings. The van der Waals surface area contributed by atoms with Crippen LogP contribution in [-0.2, 0) is 4.74 Å². The molecule has 2 nitrogen and oxygen atoms in total. The molecular weight excluding hydrogens is 262 g/mol. The fourth-order valence-electron chi connectivity index (χ4n) is 2.54. The average molecular weight is 286 g/mol. The Morgan fingerprint density at radius 2 is 1.35 bits per heavy atom. The maximum absolute atomic E-state index is 12.0. The molecule has 0 spiro atoms. The molecule has 1 N–H and O–H groups in total. The van der Waals surface area contributed by atoms with E-state index >= 15 is 0 Å². The van der Waals surface area contributed by atoms with Gasteiger partial charge in [-0.25, -0.2) is 8.78 Å². The zero-order valence-corrected chi connectivity index (χ0v) is 12.9. The minimum atomic E-state index is -2.46. The Morgan fingerprint density at radius 1 is 0.900 bits per heavy atom. The fourth-order valence-corrected chi connectivity index (χ4v) is 2.54. The number of aliphatic hydroxyl groups is 1. The van der Waals surface area contributed by atoms with Crippen LogP contribution in [0.15, 0.2) is 0 Å². The summed E-state index contributed by atoms with van der Waals surface area (Å²) in [6.45, 7) is 9.71. The Bertz CT molecular complexity index is 441. The van der Waals surface area contributed by atoms with Crippen LogP contribution in [0.4, 0.5) is 8.78 Å². The Labute approximate surface area is 119 Å². The van der Waals surface area contributed by atoms with E-state index in [9.17, 15) is 13.9 Å². The zero-order chi connectivity index (χ0) is 15.4. The Kier molecular flexibility index (Phi) is 6.08. The normalized spacial score (nSPS) is 13.1. The fraction of sp³-hybridized carbons (Fsp3) is 0.625. The molecule has 1 unspecified atom stereocenters. The predicted octanol–water partition coefficient (Wildman–Crippen LogP) is 3.93. The molecule has 0 aliphatic carbocycles. The van der Waals surface area contributed by atoms with Crippen molar-refractivity contribution in [1.82, 2.24) is 0 Å². The Balaban J connectivity index is 2.85. The van der Waals surface area contributed by atoms with Crippen molar-refractivity contribution >= 4 is 0 Å². The lowest BCUT2D eigenvalue weighted by atomic mass is 9.86. The van der Waals surface area contributed by atoms with E-state index in [1.807, 2.05) is 27.7 Å². The van der Waals surface area contributed by atoms with Crippen molar-refractivity contribution in [1.29, 1.82) is 0 Å². The van der Waals surface area contributed by atoms with Gasteiger partial charge in [0.2, 0.25) is 0 Å². The largest absolute Gasteiger partial charge is 0.388 e. The van der Waals surface area contributed by atoms with E-state index in [4.69, 9.17) is 4.74 Å². The van der Waals surface area contributed by atoms with Gasteiger partial charge in [-0.05, 0) is 68.0 Å². The van der Waals surface area contributed by atoms with E-state index in [1.54, 1.807) is 0 Å². The van der Waals surface area contributed by atoms with Gasteiger partial charge in [0.05, 0.1) is 6.10 Å². The maximum Gasteiger partial charge on any atom is 0.261 e. The van der Waals surface area contributed by atoms with Crippen LogP contribution in [0, 0.1) is 34.6 Å². The van der Waals surface area contributed by atoms with Gasteiger partial charge in [-0.1, -0.05) is 0 Å². The van der Waals surface area contributed by atoms with Crippen LogP contribution in [-0.4, -0.2) is 24.7 Å². The standard InChI is InChI=1S/C16H24F2O2/c1-9-10(2)12(4)16(13(5)11(9)3)14(19)6-7-20-8-15(17)18/h14-15,19H,6-8H2,1-5H3. The summed E-state index contributed by atoms with van der Waals surface area (Å²) in [7, 11) is 0. The van der Waals surface area contributed by atoms with E-state index in [1.165, 1.54) is 16.7 Å². The predicted molar refractivity (Wildman–Crippen MR) is 76.5 cm³/mol. The summed E-state index contributed by atoms with van der Waals surface area (Å²) in [5.41, 5.74) is 6.65. The van der Waals surface area contributed by atoms with Gasteiger partial charge < -0.3 is 9.84 Å². The number of benzene rings is 1. The first-order valence-electron chi connectivity index (χ1n) is 6.88. The molecule has 0 aliphatic heterocycles. The van der Waals surface area contributed by atoms with E-state index in [0.717, 1.165) is 16.7 Å². The van der Waals surface area contributed by atoms with Gasteiger partial charge in [0.25, 0.3) is 6.43 Å². The molecular formula is C16H24F2O2. The minimum Gasteiger partial charge on any atom is -0.388 e. The second kappa shape index (κ2) is 7.14. The van der Waals surface area contributed by atoms with E-state index in [-0.39, 0.29) is 6.61 Å². The zero-order valence-electron chi connectivity index (χ0n) is 12.9. The van der Waals surface area contributed by atoms with Crippen LogP contribution < -0.4 is 0 Å². The van der Waals surface area contributed by atoms with Gasteiger partial charge in [-0.15, -0.1) is 0 Å². The summed E-state index contributed by atoms with van der Waals surface area (Å²) in [6, 6.07) is 0. The third-order valence-corrected chi connectivity index (χ3v) is 4.17. The number of rotatable bonds is 6. The van der Waals surface area contributed by atoms with Crippen LogP contribution in [0.5, 0.6) is 0 Å². The SMILES string of the molecule is Cc1c(C)c(C)c(C(O)CCOCC(F)F)c(C)c1C. The molecule has 0 bridgehead atoms. The molecule has 0 heterocycles. The van der Waals surface area contributed by atoms with E-state index in [0.29, 0.717) is 6.42 Å². The van der Waals surface area contributed by atoms with Gasteiger partial charge >= 0.3 is 0 Å². The smallest absolute Gasteiger partial charge is 0.261 e. The van der Waals surface area contributed by atoms with Crippen LogP contribution in [0.1, 0.15) is 45.9 Å². The first kappa shape index (κ1) is 17.1. The molecule has 4 heteroatoms. The van der Waals surface area contributed by atoms with E-state index in [2.05, 4.69) is 6.92 Å². The number of hydrogen-bond acceptors (Lipinski definition) is 2. The lowest BCUT2D eigenvalue weighted by Crippen LogP contribution is -2.12. The van der Waals surface area contributed by atoms with Crippen molar-refractivity contribution in [3.8, 4) is 0 Å². The highest BCUT2D eigenvalue weighted by Crippen LogP contribution is 2.31. The maximum atomic E-state index is 12.0. The van der Waals surface area contributed by atoms with Crippen molar-refractivity contribution in [2.24, 2.45) is 0 Å². The summed E-state index contributed by atoms with van der Waals surface area (Å²) < 4.78 is 28.8. The van der Waals surface area contributed by atoms with E-state index < -0.39 is 19.1 Å². The summed E-state index contributed by atoms with van der Waals surface area (Å²) >= 11 is 0. The summed E-state index contributed by atoms with van der Waals surface area (Å²) in [5, 5.41) is 10.3. The number of aliphatic hydroxyl groups excluding tert-OH is 1. The van der Waals surface area contributed by atoms with Gasteiger partial charge in [-0.2, -0.15) is 0 Å². The first-order valence-corrected chi connectivity index (χ1v) is 6.88. The van der Waals surface area contributed by atoms with Crippen molar-refractivity contribution < 1.29 is 18.6 Å². The second-order valence-corrected chi connectivity index (χ2v) is 5.31. The Morgan fingerprint density at radius 3 is 1.80 bits per heavy atom. The van der Waals surface area contributed by atoms with Crippen molar-refractivity contribution in [2.75, 3.05) is 13.2 Å². The summed E-state index contributed by atoms with van der Waals surface area (Å²) in [5.74, 6) is 0. The van der Waals surface area contributed by atoms with Gasteiger partial charge in [0.15, 0.2) is 0 Å². The highest BCUT2D eigenvalue weighted by Gasteiger charge is 2.18. The third kappa shape index (κ3) is 3.76. The molecule has 0 amide bonds. The highest BCUT2D eigenvalue weighted by molar-refractivity contribution is 5.50. The van der Waals surface area contributed by atoms with Crippen LogP contribution >= 0.6 is 0 Å². The quantitative estimate of drug-likeness (QED) is 0.803. The third-order valence-electron chi connectivity index (χ3n) is 4.17. The van der Waals surface area contributed by atoms with Crippen molar-refractivity contribution in [3.63, 3.8) is 0 Å². The molecule has 0 radical (unpaired) electrons. The van der Waals surface area contributed by atoms with Crippen LogP contribution in [0.3, 0.4) is 0 Å². The second-order valence-electron chi connectivity index (χ2n) is 5.31. The summed E-state index contributed by atoms with van der Waals surface area (Å²) in [6.07, 6.45) is -2.80. The van der Waals surface area contributed by atoms with Crippen LogP contribution in [0.2, 0.25) is 0 Å². The lowest BCUT2D eigenvalue weighted by Gasteiger charge is -2.22. The van der Waals surface area contributed by atoms with Gasteiger partial charge in [0.1, 0.15) is 6.61 Å². The van der Waals surface area contributed by atoms with Crippen LogP contribution in [0.25, 0.3) is 0 Å². The molecule has 1 atom stereocenters. The number of ether oxygens (including phenoxy) is 1. The molecule has 1 aromatic carbocycles. The topological polar surface area (TPSA) is 29.5 Å².